The summed E-state index contributed by atoms with van der Waals surface area (Å²) in [5, 5.41) is 4.29. The van der Waals surface area contributed by atoms with Crippen LogP contribution in [-0.4, -0.2) is 30.5 Å². The maximum absolute atomic E-state index is 12.5. The lowest BCUT2D eigenvalue weighted by atomic mass is 9.99. The summed E-state index contributed by atoms with van der Waals surface area (Å²) in [6.45, 7) is 6.72. The van der Waals surface area contributed by atoms with E-state index >= 15 is 0 Å². The van der Waals surface area contributed by atoms with Crippen LogP contribution in [0.2, 0.25) is 0 Å². The van der Waals surface area contributed by atoms with Crippen LogP contribution >= 0.6 is 11.3 Å². The summed E-state index contributed by atoms with van der Waals surface area (Å²) in [7, 11) is 0. The molecule has 1 fully saturated rings. The lowest BCUT2D eigenvalue weighted by molar-refractivity contribution is -0.898. The van der Waals surface area contributed by atoms with Crippen LogP contribution < -0.4 is 10.2 Å². The molecular formula is C22H26N3OS+. The maximum atomic E-state index is 12.5. The Balaban J connectivity index is 1.39. The molecule has 4 nitrogen and oxygen atoms in total. The number of carbonyl (C=O) groups excluding carboxylic acids is 1. The van der Waals surface area contributed by atoms with E-state index in [1.54, 1.807) is 11.3 Å². The van der Waals surface area contributed by atoms with Gasteiger partial charge in [-0.2, -0.15) is 0 Å². The molecule has 1 aliphatic heterocycles. The number of aryl methyl sites for hydroxylation is 2. The summed E-state index contributed by atoms with van der Waals surface area (Å²) in [6, 6.07) is 14.4. The molecule has 2 heterocycles. The second-order valence-corrected chi connectivity index (χ2v) is 8.65. The highest BCUT2D eigenvalue weighted by Gasteiger charge is 2.28. The van der Waals surface area contributed by atoms with Gasteiger partial charge in [-0.05, 0) is 62.1 Å². The number of thiazole rings is 1. The minimum atomic E-state index is 0.0956. The summed E-state index contributed by atoms with van der Waals surface area (Å²) in [5.41, 5.74) is 4.43. The Bertz CT molecular complexity index is 932. The topological polar surface area (TPSA) is 46.4 Å². The third-order valence-electron chi connectivity index (χ3n) is 5.48. The standard InChI is InChI=1S/C22H25N3OS/c1-15-9-10-18(12-16(15)2)23-21(26)14-25-11-5-6-17(13-25)22-24-19-7-3-4-8-20(19)27-22/h3-4,7-10,12,17H,5-6,11,13-14H2,1-2H3,(H,23,26)/p+1/t17-/m0/s1. The molecule has 1 saturated heterocycles. The number of piperidine rings is 1. The predicted molar refractivity (Wildman–Crippen MR) is 112 cm³/mol. The van der Waals surface area contributed by atoms with Crippen molar-refractivity contribution in [2.45, 2.75) is 32.6 Å². The zero-order valence-electron chi connectivity index (χ0n) is 15.9. The molecule has 4 rings (SSSR count). The lowest BCUT2D eigenvalue weighted by Gasteiger charge is -2.28. The van der Waals surface area contributed by atoms with Crippen LogP contribution in [0.1, 0.15) is 34.9 Å². The van der Waals surface area contributed by atoms with Gasteiger partial charge < -0.3 is 10.2 Å². The number of para-hydroxylation sites is 1. The number of amides is 1. The number of aromatic nitrogens is 1. The number of rotatable bonds is 4. The zero-order chi connectivity index (χ0) is 18.8. The SMILES string of the molecule is Cc1ccc(NC(=O)C[NH+]2CCC[C@H](c3nc4ccccc4s3)C2)cc1C. The summed E-state index contributed by atoms with van der Waals surface area (Å²) in [5.74, 6) is 0.554. The molecule has 0 aliphatic carbocycles. The second-order valence-electron chi connectivity index (χ2n) is 7.59. The summed E-state index contributed by atoms with van der Waals surface area (Å²) >= 11 is 1.81. The molecule has 140 valence electrons. The Hall–Kier alpha value is -2.24. The fourth-order valence-electron chi connectivity index (χ4n) is 3.84. The number of likely N-dealkylation sites (tertiary alicyclic amines) is 1. The Morgan fingerprint density at radius 1 is 1.22 bits per heavy atom. The summed E-state index contributed by atoms with van der Waals surface area (Å²) in [4.78, 5) is 18.7. The molecular weight excluding hydrogens is 354 g/mol. The van der Waals surface area contributed by atoms with Gasteiger partial charge in [0.05, 0.1) is 29.2 Å². The van der Waals surface area contributed by atoms with Crippen LogP contribution in [0.5, 0.6) is 0 Å². The molecule has 1 aromatic heterocycles. The monoisotopic (exact) mass is 380 g/mol. The molecule has 1 amide bonds. The van der Waals surface area contributed by atoms with Gasteiger partial charge in [-0.15, -0.1) is 11.3 Å². The number of hydrogen-bond donors (Lipinski definition) is 2. The van der Waals surface area contributed by atoms with Crippen molar-refractivity contribution >= 4 is 33.1 Å². The second kappa shape index (κ2) is 7.79. The van der Waals surface area contributed by atoms with Gasteiger partial charge in [0, 0.05) is 5.69 Å². The Kier molecular flexibility index (Phi) is 5.23. The third kappa shape index (κ3) is 4.20. The van der Waals surface area contributed by atoms with E-state index in [2.05, 4.69) is 43.4 Å². The van der Waals surface area contributed by atoms with Gasteiger partial charge in [-0.1, -0.05) is 18.2 Å². The van der Waals surface area contributed by atoms with Crippen molar-refractivity contribution in [2.24, 2.45) is 0 Å². The smallest absolute Gasteiger partial charge is 0.279 e. The van der Waals surface area contributed by atoms with Gasteiger partial charge in [-0.25, -0.2) is 4.98 Å². The van der Waals surface area contributed by atoms with Crippen molar-refractivity contribution in [3.63, 3.8) is 0 Å². The molecule has 27 heavy (non-hydrogen) atoms. The highest BCUT2D eigenvalue weighted by Crippen LogP contribution is 2.30. The minimum Gasteiger partial charge on any atom is -0.327 e. The maximum Gasteiger partial charge on any atom is 0.279 e. The van der Waals surface area contributed by atoms with E-state index in [0.29, 0.717) is 12.5 Å². The average Bonchev–Trinajstić information content (AvgIpc) is 3.09. The number of quaternary nitrogens is 1. The van der Waals surface area contributed by atoms with Gasteiger partial charge in [0.15, 0.2) is 6.54 Å². The summed E-state index contributed by atoms with van der Waals surface area (Å²) in [6.07, 6.45) is 2.31. The normalized spacial score (nSPS) is 19.9. The van der Waals surface area contributed by atoms with E-state index in [9.17, 15) is 4.79 Å². The molecule has 0 radical (unpaired) electrons. The van der Waals surface area contributed by atoms with Crippen molar-refractivity contribution < 1.29 is 9.69 Å². The molecule has 0 spiro atoms. The first kappa shape index (κ1) is 18.1. The Morgan fingerprint density at radius 3 is 2.89 bits per heavy atom. The molecule has 5 heteroatoms. The van der Waals surface area contributed by atoms with Crippen molar-refractivity contribution in [1.82, 2.24) is 4.98 Å². The van der Waals surface area contributed by atoms with Crippen molar-refractivity contribution in [1.29, 1.82) is 0 Å². The lowest BCUT2D eigenvalue weighted by Crippen LogP contribution is -3.14. The fourth-order valence-corrected chi connectivity index (χ4v) is 4.94. The molecule has 1 unspecified atom stereocenters. The number of nitrogens with one attached hydrogen (secondary N) is 2. The molecule has 3 aromatic rings. The largest absolute Gasteiger partial charge is 0.327 e. The zero-order valence-corrected chi connectivity index (χ0v) is 16.7. The van der Waals surface area contributed by atoms with Crippen LogP contribution in [0, 0.1) is 13.8 Å². The Labute approximate surface area is 164 Å². The number of anilines is 1. The quantitative estimate of drug-likeness (QED) is 0.729. The molecule has 0 saturated carbocycles. The minimum absolute atomic E-state index is 0.0956. The highest BCUT2D eigenvalue weighted by atomic mass is 32.1. The van der Waals surface area contributed by atoms with E-state index in [0.717, 1.165) is 30.7 Å². The van der Waals surface area contributed by atoms with E-state index in [-0.39, 0.29) is 5.91 Å². The van der Waals surface area contributed by atoms with Gasteiger partial charge in [0.25, 0.3) is 5.91 Å². The molecule has 2 N–H and O–H groups in total. The van der Waals surface area contributed by atoms with Crippen LogP contribution in [0.25, 0.3) is 10.2 Å². The first-order valence-electron chi connectivity index (χ1n) is 9.64. The third-order valence-corrected chi connectivity index (χ3v) is 6.68. The average molecular weight is 381 g/mol. The van der Waals surface area contributed by atoms with Crippen molar-refractivity contribution in [2.75, 3.05) is 25.0 Å². The first-order valence-corrected chi connectivity index (χ1v) is 10.5. The van der Waals surface area contributed by atoms with Gasteiger partial charge >= 0.3 is 0 Å². The summed E-state index contributed by atoms with van der Waals surface area (Å²) < 4.78 is 1.26. The Morgan fingerprint density at radius 2 is 2.07 bits per heavy atom. The van der Waals surface area contributed by atoms with Crippen LogP contribution in [-0.2, 0) is 4.79 Å². The first-order chi connectivity index (χ1) is 13.1. The molecule has 1 aliphatic rings. The van der Waals surface area contributed by atoms with E-state index < -0.39 is 0 Å². The number of carbonyl (C=O) groups is 1. The molecule has 0 bridgehead atoms. The fraction of sp³-hybridized carbons (Fsp3) is 0.364. The van der Waals surface area contributed by atoms with E-state index in [4.69, 9.17) is 4.98 Å². The number of hydrogen-bond acceptors (Lipinski definition) is 3. The number of fused-ring (bicyclic) bond motifs is 1. The molecule has 2 atom stereocenters. The van der Waals surface area contributed by atoms with E-state index in [1.807, 2.05) is 18.2 Å². The van der Waals surface area contributed by atoms with Crippen LogP contribution in [0.15, 0.2) is 42.5 Å². The highest BCUT2D eigenvalue weighted by molar-refractivity contribution is 7.18. The predicted octanol–water partition coefficient (Wildman–Crippen LogP) is 3.31. The number of nitrogens with zero attached hydrogens (tertiary/aromatic N) is 1. The van der Waals surface area contributed by atoms with Crippen molar-refractivity contribution in [3.05, 3.63) is 58.6 Å². The molecule has 2 aromatic carbocycles. The van der Waals surface area contributed by atoms with Crippen LogP contribution in [0.4, 0.5) is 5.69 Å². The van der Waals surface area contributed by atoms with Gasteiger partial charge in [0.2, 0.25) is 0 Å². The van der Waals surface area contributed by atoms with Gasteiger partial charge in [-0.3, -0.25) is 4.79 Å². The van der Waals surface area contributed by atoms with Crippen LogP contribution in [0.3, 0.4) is 0 Å². The van der Waals surface area contributed by atoms with E-state index in [1.165, 1.54) is 32.2 Å². The number of benzene rings is 2. The van der Waals surface area contributed by atoms with Gasteiger partial charge in [0.1, 0.15) is 5.01 Å². The van der Waals surface area contributed by atoms with Crippen molar-refractivity contribution in [3.8, 4) is 0 Å².